The van der Waals surface area contributed by atoms with Gasteiger partial charge >= 0.3 is 0 Å². The summed E-state index contributed by atoms with van der Waals surface area (Å²) in [6.45, 7) is 2.48. The molecule has 0 aliphatic rings. The Kier molecular flexibility index (Phi) is 6.08. The lowest BCUT2D eigenvalue weighted by Crippen LogP contribution is -2.32. The number of thioether (sulfide) groups is 1. The normalized spacial score (nSPS) is 11.9. The Hall–Kier alpha value is -1.52. The topological polar surface area (TPSA) is 42.0 Å². The van der Waals surface area contributed by atoms with Gasteiger partial charge in [0.05, 0.1) is 10.3 Å². The lowest BCUT2D eigenvalue weighted by atomic mass is 10.1. The van der Waals surface area contributed by atoms with Gasteiger partial charge in [0, 0.05) is 12.7 Å². The predicted molar refractivity (Wildman–Crippen MR) is 87.7 cm³/mol. The van der Waals surface area contributed by atoms with E-state index in [1.807, 2.05) is 25.1 Å². The summed E-state index contributed by atoms with van der Waals surface area (Å²) >= 11 is 7.41. The van der Waals surface area contributed by atoms with Gasteiger partial charge in [0.25, 0.3) is 0 Å². The summed E-state index contributed by atoms with van der Waals surface area (Å²) in [6.07, 6.45) is 2.50. The molecule has 1 unspecified atom stereocenters. The highest BCUT2D eigenvalue weighted by Gasteiger charge is 2.16. The lowest BCUT2D eigenvalue weighted by Gasteiger charge is -2.12. The molecule has 0 saturated heterocycles. The van der Waals surface area contributed by atoms with E-state index >= 15 is 0 Å². The standard InChI is InChI=1S/C16H17ClN2OS/c1-12(21-16-14(17)8-5-10-19-16)15(20)18-11-9-13-6-3-2-4-7-13/h2-8,10,12H,9,11H2,1H3,(H,18,20). The van der Waals surface area contributed by atoms with Gasteiger partial charge < -0.3 is 5.32 Å². The summed E-state index contributed by atoms with van der Waals surface area (Å²) in [6, 6.07) is 13.6. The van der Waals surface area contributed by atoms with Crippen molar-refractivity contribution in [1.29, 1.82) is 0 Å². The maximum absolute atomic E-state index is 12.0. The number of carbonyl (C=O) groups excluding carboxylic acids is 1. The Morgan fingerprint density at radius 3 is 2.76 bits per heavy atom. The van der Waals surface area contributed by atoms with E-state index in [0.29, 0.717) is 16.6 Å². The van der Waals surface area contributed by atoms with Crippen LogP contribution in [0.25, 0.3) is 0 Å². The highest BCUT2D eigenvalue weighted by atomic mass is 35.5. The zero-order valence-corrected chi connectivity index (χ0v) is 13.3. The zero-order valence-electron chi connectivity index (χ0n) is 11.8. The van der Waals surface area contributed by atoms with Crippen molar-refractivity contribution < 1.29 is 4.79 Å². The lowest BCUT2D eigenvalue weighted by molar-refractivity contribution is -0.120. The molecule has 0 aliphatic heterocycles. The first-order valence-corrected chi connectivity index (χ1v) is 8.01. The van der Waals surface area contributed by atoms with Crippen LogP contribution < -0.4 is 5.32 Å². The molecular weight excluding hydrogens is 304 g/mol. The van der Waals surface area contributed by atoms with E-state index in [-0.39, 0.29) is 11.2 Å². The van der Waals surface area contributed by atoms with Crippen LogP contribution in [-0.4, -0.2) is 22.7 Å². The molecule has 1 amide bonds. The number of pyridine rings is 1. The molecule has 1 heterocycles. The Morgan fingerprint density at radius 1 is 1.29 bits per heavy atom. The number of halogens is 1. The summed E-state index contributed by atoms with van der Waals surface area (Å²) in [4.78, 5) is 16.2. The maximum atomic E-state index is 12.0. The molecule has 2 aromatic rings. The minimum atomic E-state index is -0.229. The van der Waals surface area contributed by atoms with Crippen LogP contribution in [0.15, 0.2) is 53.7 Å². The molecule has 0 radical (unpaired) electrons. The molecule has 5 heteroatoms. The molecule has 1 aromatic heterocycles. The van der Waals surface area contributed by atoms with Crippen molar-refractivity contribution in [2.24, 2.45) is 0 Å². The summed E-state index contributed by atoms with van der Waals surface area (Å²) in [5.74, 6) is -0.00218. The average molecular weight is 321 g/mol. The number of aromatic nitrogens is 1. The van der Waals surface area contributed by atoms with Crippen molar-refractivity contribution in [3.63, 3.8) is 0 Å². The molecule has 0 fully saturated rings. The van der Waals surface area contributed by atoms with Gasteiger partial charge in [-0.2, -0.15) is 0 Å². The minimum absolute atomic E-state index is 0.00218. The largest absolute Gasteiger partial charge is 0.355 e. The van der Waals surface area contributed by atoms with Gasteiger partial charge in [-0.3, -0.25) is 4.79 Å². The number of carbonyl (C=O) groups is 1. The van der Waals surface area contributed by atoms with E-state index in [1.165, 1.54) is 17.3 Å². The Morgan fingerprint density at radius 2 is 2.05 bits per heavy atom. The number of benzene rings is 1. The van der Waals surface area contributed by atoms with Crippen molar-refractivity contribution in [1.82, 2.24) is 10.3 Å². The maximum Gasteiger partial charge on any atom is 0.233 e. The monoisotopic (exact) mass is 320 g/mol. The van der Waals surface area contributed by atoms with E-state index in [9.17, 15) is 4.79 Å². The third-order valence-electron chi connectivity index (χ3n) is 2.94. The minimum Gasteiger partial charge on any atom is -0.355 e. The fourth-order valence-corrected chi connectivity index (χ4v) is 2.88. The van der Waals surface area contributed by atoms with Gasteiger partial charge in [-0.25, -0.2) is 4.98 Å². The SMILES string of the molecule is CC(Sc1ncccc1Cl)C(=O)NCCc1ccccc1. The van der Waals surface area contributed by atoms with Gasteiger partial charge in [-0.05, 0) is 31.0 Å². The number of rotatable bonds is 6. The van der Waals surface area contributed by atoms with Crippen LogP contribution in [0.5, 0.6) is 0 Å². The average Bonchev–Trinajstić information content (AvgIpc) is 2.50. The van der Waals surface area contributed by atoms with Gasteiger partial charge in [0.2, 0.25) is 5.91 Å². The van der Waals surface area contributed by atoms with Crippen LogP contribution in [0.4, 0.5) is 0 Å². The summed E-state index contributed by atoms with van der Waals surface area (Å²) < 4.78 is 0. The van der Waals surface area contributed by atoms with Crippen LogP contribution in [0.2, 0.25) is 5.02 Å². The van der Waals surface area contributed by atoms with Crippen molar-refractivity contribution >= 4 is 29.3 Å². The van der Waals surface area contributed by atoms with Crippen LogP contribution in [0.3, 0.4) is 0 Å². The molecule has 0 spiro atoms. The molecular formula is C16H17ClN2OS. The second kappa shape index (κ2) is 8.05. The van der Waals surface area contributed by atoms with Crippen LogP contribution in [0.1, 0.15) is 12.5 Å². The Labute approximate surface area is 134 Å². The molecule has 3 nitrogen and oxygen atoms in total. The van der Waals surface area contributed by atoms with Crippen molar-refractivity contribution in [2.45, 2.75) is 23.6 Å². The second-order valence-electron chi connectivity index (χ2n) is 4.58. The molecule has 0 saturated carbocycles. The first kappa shape index (κ1) is 15.9. The van der Waals surface area contributed by atoms with Crippen molar-refractivity contribution in [2.75, 3.05) is 6.54 Å². The summed E-state index contributed by atoms with van der Waals surface area (Å²) in [5.41, 5.74) is 1.21. The van der Waals surface area contributed by atoms with Crippen LogP contribution >= 0.6 is 23.4 Å². The summed E-state index contributed by atoms with van der Waals surface area (Å²) in [5, 5.41) is 3.97. The van der Waals surface area contributed by atoms with Crippen molar-refractivity contribution in [3.05, 3.63) is 59.2 Å². The summed E-state index contributed by atoms with van der Waals surface area (Å²) in [7, 11) is 0. The van der Waals surface area contributed by atoms with Gasteiger partial charge in [0.15, 0.2) is 0 Å². The Bertz CT molecular complexity index is 592. The number of nitrogens with zero attached hydrogens (tertiary/aromatic N) is 1. The smallest absolute Gasteiger partial charge is 0.233 e. The van der Waals surface area contributed by atoms with Gasteiger partial charge in [-0.15, -0.1) is 0 Å². The van der Waals surface area contributed by atoms with E-state index in [2.05, 4.69) is 22.4 Å². The van der Waals surface area contributed by atoms with Gasteiger partial charge in [0.1, 0.15) is 5.03 Å². The molecule has 21 heavy (non-hydrogen) atoms. The number of hydrogen-bond acceptors (Lipinski definition) is 3. The zero-order chi connectivity index (χ0) is 15.1. The van der Waals surface area contributed by atoms with E-state index < -0.39 is 0 Å². The Balaban J connectivity index is 1.79. The van der Waals surface area contributed by atoms with Gasteiger partial charge in [-0.1, -0.05) is 53.7 Å². The van der Waals surface area contributed by atoms with Crippen LogP contribution in [-0.2, 0) is 11.2 Å². The first-order valence-electron chi connectivity index (χ1n) is 6.75. The van der Waals surface area contributed by atoms with Crippen LogP contribution in [0, 0.1) is 0 Å². The first-order chi connectivity index (χ1) is 10.2. The molecule has 0 bridgehead atoms. The fourth-order valence-electron chi connectivity index (χ4n) is 1.80. The molecule has 110 valence electrons. The van der Waals surface area contributed by atoms with E-state index in [1.54, 1.807) is 18.3 Å². The van der Waals surface area contributed by atoms with E-state index in [0.717, 1.165) is 6.42 Å². The molecule has 1 atom stereocenters. The number of amides is 1. The third-order valence-corrected chi connectivity index (χ3v) is 4.47. The molecule has 2 rings (SSSR count). The van der Waals surface area contributed by atoms with E-state index in [4.69, 9.17) is 11.6 Å². The number of hydrogen-bond donors (Lipinski definition) is 1. The molecule has 1 N–H and O–H groups in total. The third kappa shape index (κ3) is 5.06. The predicted octanol–water partition coefficient (Wildman–Crippen LogP) is 3.57. The second-order valence-corrected chi connectivity index (χ2v) is 6.31. The highest BCUT2D eigenvalue weighted by Crippen LogP contribution is 2.27. The number of nitrogens with one attached hydrogen (secondary N) is 1. The molecule has 1 aromatic carbocycles. The van der Waals surface area contributed by atoms with Crippen molar-refractivity contribution in [3.8, 4) is 0 Å². The molecule has 0 aliphatic carbocycles. The quantitative estimate of drug-likeness (QED) is 0.827. The highest BCUT2D eigenvalue weighted by molar-refractivity contribution is 8.00. The fraction of sp³-hybridized carbons (Fsp3) is 0.250.